The van der Waals surface area contributed by atoms with Gasteiger partial charge in [-0.2, -0.15) is 4.39 Å². The van der Waals surface area contributed by atoms with Crippen molar-refractivity contribution in [3.63, 3.8) is 0 Å². The predicted molar refractivity (Wildman–Crippen MR) is 130 cm³/mol. The summed E-state index contributed by atoms with van der Waals surface area (Å²) < 4.78 is 13.6. The lowest BCUT2D eigenvalue weighted by Gasteiger charge is -2.37. The van der Waals surface area contributed by atoms with Crippen molar-refractivity contribution >= 4 is 11.3 Å². The molecule has 0 spiro atoms. The Bertz CT molecular complexity index is 1060. The van der Waals surface area contributed by atoms with Crippen LogP contribution in [0.15, 0.2) is 36.7 Å². The van der Waals surface area contributed by atoms with Gasteiger partial charge in [-0.25, -0.2) is 4.98 Å². The van der Waals surface area contributed by atoms with Crippen LogP contribution in [0.2, 0.25) is 0 Å². The van der Waals surface area contributed by atoms with Gasteiger partial charge in [0.2, 0.25) is 0 Å². The molecule has 4 nitrogen and oxygen atoms in total. The number of thiophene rings is 1. The molecule has 1 fully saturated rings. The van der Waals surface area contributed by atoms with Gasteiger partial charge < -0.3 is 4.98 Å². The summed E-state index contributed by atoms with van der Waals surface area (Å²) in [7, 11) is 0. The molecule has 0 aliphatic carbocycles. The average molecular weight is 455 g/mol. The molecule has 172 valence electrons. The molecule has 0 radical (unpaired) electrons. The minimum Gasteiger partial charge on any atom is -0.345 e. The Morgan fingerprint density at radius 1 is 1.09 bits per heavy atom. The zero-order valence-corrected chi connectivity index (χ0v) is 20.9. The number of rotatable bonds is 6. The van der Waals surface area contributed by atoms with E-state index in [1.165, 1.54) is 16.9 Å². The maximum Gasteiger partial charge on any atom is 0.176 e. The molecule has 4 heterocycles. The van der Waals surface area contributed by atoms with Crippen molar-refractivity contribution in [3.8, 4) is 0 Å². The van der Waals surface area contributed by atoms with Crippen LogP contribution in [0.1, 0.15) is 75.1 Å². The highest BCUT2D eigenvalue weighted by Gasteiger charge is 2.46. The van der Waals surface area contributed by atoms with Crippen LogP contribution in [0, 0.1) is 12.1 Å². The highest BCUT2D eigenvalue weighted by molar-refractivity contribution is 7.10. The zero-order chi connectivity index (χ0) is 23.1. The molecule has 3 aromatic rings. The van der Waals surface area contributed by atoms with Gasteiger partial charge in [0, 0.05) is 58.1 Å². The Labute approximate surface area is 195 Å². The van der Waals surface area contributed by atoms with Crippen LogP contribution < -0.4 is 0 Å². The summed E-state index contributed by atoms with van der Waals surface area (Å²) >= 11 is 1.26. The van der Waals surface area contributed by atoms with E-state index >= 15 is 0 Å². The second-order valence-corrected chi connectivity index (χ2v) is 11.9. The molecule has 0 amide bonds. The second-order valence-electron chi connectivity index (χ2n) is 10.8. The van der Waals surface area contributed by atoms with Crippen LogP contribution in [-0.2, 0) is 22.8 Å². The van der Waals surface area contributed by atoms with E-state index in [0.29, 0.717) is 0 Å². The molecule has 4 rings (SSSR count). The first-order chi connectivity index (χ1) is 15.0. The molecule has 0 bridgehead atoms. The lowest BCUT2D eigenvalue weighted by Crippen LogP contribution is -2.42. The summed E-state index contributed by atoms with van der Waals surface area (Å²) in [5.74, 6) is 1.07. The Balaban J connectivity index is 1.64. The standard InChI is InChI=1S/C26H35FN4S/c1-18-7-8-19(15-28-18)25(5,6)31-14-13-26(17-31,12-11-20-9-10-22(27)32-20)23-29-16-21(30-23)24(2,3)4/h7-10,15-16H,11-14,17H2,1-6H3,(H,29,30). The van der Waals surface area contributed by atoms with Gasteiger partial charge in [0.05, 0.1) is 0 Å². The lowest BCUT2D eigenvalue weighted by molar-refractivity contribution is 0.141. The number of aryl methyl sites for hydroxylation is 2. The van der Waals surface area contributed by atoms with Gasteiger partial charge >= 0.3 is 0 Å². The Morgan fingerprint density at radius 3 is 2.47 bits per heavy atom. The van der Waals surface area contributed by atoms with Gasteiger partial charge in [-0.15, -0.1) is 11.3 Å². The highest BCUT2D eigenvalue weighted by atomic mass is 32.1. The number of hydrogen-bond acceptors (Lipinski definition) is 4. The molecule has 32 heavy (non-hydrogen) atoms. The van der Waals surface area contributed by atoms with Gasteiger partial charge in [-0.3, -0.25) is 9.88 Å². The topological polar surface area (TPSA) is 44.8 Å². The number of likely N-dealkylation sites (tertiary alicyclic amines) is 1. The van der Waals surface area contributed by atoms with Crippen LogP contribution in [0.5, 0.6) is 0 Å². The highest BCUT2D eigenvalue weighted by Crippen LogP contribution is 2.43. The number of pyridine rings is 1. The number of halogens is 1. The first-order valence-electron chi connectivity index (χ1n) is 11.5. The third kappa shape index (κ3) is 4.53. The van der Waals surface area contributed by atoms with Crippen molar-refractivity contribution in [2.45, 2.75) is 77.2 Å². The van der Waals surface area contributed by atoms with Gasteiger partial charge in [0.25, 0.3) is 0 Å². The largest absolute Gasteiger partial charge is 0.345 e. The summed E-state index contributed by atoms with van der Waals surface area (Å²) in [5.41, 5.74) is 3.24. The van der Waals surface area contributed by atoms with Crippen molar-refractivity contribution in [3.05, 3.63) is 69.4 Å². The molecular formula is C26H35FN4S. The number of nitrogens with one attached hydrogen (secondary N) is 1. The van der Waals surface area contributed by atoms with Gasteiger partial charge in [0.15, 0.2) is 5.13 Å². The molecule has 0 saturated carbocycles. The minimum absolute atomic E-state index is 0.0223. The van der Waals surface area contributed by atoms with Crippen molar-refractivity contribution in [1.82, 2.24) is 19.9 Å². The maximum absolute atomic E-state index is 13.6. The molecule has 1 N–H and O–H groups in total. The fourth-order valence-electron chi connectivity index (χ4n) is 4.70. The Kier molecular flexibility index (Phi) is 6.05. The molecule has 1 aliphatic heterocycles. The van der Waals surface area contributed by atoms with Crippen LogP contribution in [0.4, 0.5) is 4.39 Å². The zero-order valence-electron chi connectivity index (χ0n) is 20.1. The summed E-state index contributed by atoms with van der Waals surface area (Å²) in [4.78, 5) is 16.8. The van der Waals surface area contributed by atoms with Crippen molar-refractivity contribution in [1.29, 1.82) is 0 Å². The van der Waals surface area contributed by atoms with E-state index in [4.69, 9.17) is 4.98 Å². The number of nitrogens with zero attached hydrogens (tertiary/aromatic N) is 3. The van der Waals surface area contributed by atoms with E-state index in [0.717, 1.165) is 54.4 Å². The van der Waals surface area contributed by atoms with E-state index in [2.05, 4.69) is 61.6 Å². The average Bonchev–Trinajstić information content (AvgIpc) is 3.46. The van der Waals surface area contributed by atoms with E-state index in [-0.39, 0.29) is 21.5 Å². The lowest BCUT2D eigenvalue weighted by atomic mass is 9.81. The van der Waals surface area contributed by atoms with E-state index in [1.54, 1.807) is 6.07 Å². The van der Waals surface area contributed by atoms with Crippen molar-refractivity contribution in [2.24, 2.45) is 0 Å². The number of hydrogen-bond donors (Lipinski definition) is 1. The summed E-state index contributed by atoms with van der Waals surface area (Å²) in [6.45, 7) is 15.1. The number of aromatic nitrogens is 3. The molecule has 1 aliphatic rings. The fraction of sp³-hybridized carbons (Fsp3) is 0.538. The van der Waals surface area contributed by atoms with Crippen LogP contribution in [0.3, 0.4) is 0 Å². The quantitative estimate of drug-likeness (QED) is 0.488. The van der Waals surface area contributed by atoms with Gasteiger partial charge in [-0.1, -0.05) is 26.8 Å². The van der Waals surface area contributed by atoms with E-state index < -0.39 is 0 Å². The SMILES string of the molecule is Cc1ccc(C(C)(C)N2CCC(CCc3ccc(F)s3)(c3ncc(C(C)(C)C)[nH]3)C2)cn1. The Hall–Kier alpha value is -2.05. The van der Waals surface area contributed by atoms with E-state index in [1.807, 2.05) is 25.4 Å². The van der Waals surface area contributed by atoms with Crippen molar-refractivity contribution < 1.29 is 4.39 Å². The first-order valence-corrected chi connectivity index (χ1v) is 12.3. The summed E-state index contributed by atoms with van der Waals surface area (Å²) in [6.07, 6.45) is 6.85. The third-order valence-corrected chi connectivity index (χ3v) is 8.06. The molecule has 3 aromatic heterocycles. The smallest absolute Gasteiger partial charge is 0.176 e. The maximum atomic E-state index is 13.6. The minimum atomic E-state index is -0.128. The normalized spacial score (nSPS) is 20.2. The van der Waals surface area contributed by atoms with Gasteiger partial charge in [-0.05, 0) is 63.8 Å². The summed E-state index contributed by atoms with van der Waals surface area (Å²) in [5, 5.41) is -0.108. The molecule has 1 atom stereocenters. The number of aromatic amines is 1. The van der Waals surface area contributed by atoms with E-state index in [9.17, 15) is 4.39 Å². The fourth-order valence-corrected chi connectivity index (χ4v) is 5.42. The number of imidazole rings is 1. The number of H-pyrrole nitrogens is 1. The third-order valence-electron chi connectivity index (χ3n) is 7.13. The van der Waals surface area contributed by atoms with Gasteiger partial charge in [0.1, 0.15) is 5.82 Å². The molecule has 0 aromatic carbocycles. The van der Waals surface area contributed by atoms with Crippen LogP contribution in [0.25, 0.3) is 0 Å². The van der Waals surface area contributed by atoms with Crippen molar-refractivity contribution in [2.75, 3.05) is 13.1 Å². The van der Waals surface area contributed by atoms with Crippen LogP contribution >= 0.6 is 11.3 Å². The first kappa shape index (κ1) is 23.1. The van der Waals surface area contributed by atoms with Crippen LogP contribution in [-0.4, -0.2) is 32.9 Å². The summed E-state index contributed by atoms with van der Waals surface area (Å²) in [6, 6.07) is 7.78. The molecular weight excluding hydrogens is 419 g/mol. The molecule has 6 heteroatoms. The predicted octanol–water partition coefficient (Wildman–Crippen LogP) is 6.12. The monoisotopic (exact) mass is 454 g/mol. The Morgan fingerprint density at radius 2 is 1.88 bits per heavy atom. The second kappa shape index (κ2) is 8.38. The molecule has 1 saturated heterocycles. The molecule has 1 unspecified atom stereocenters.